The second kappa shape index (κ2) is 10.3. The Morgan fingerprint density at radius 2 is 1.63 bits per heavy atom. The molecule has 0 bridgehead atoms. The van der Waals surface area contributed by atoms with E-state index in [0.29, 0.717) is 17.1 Å². The van der Waals surface area contributed by atoms with E-state index in [1.54, 1.807) is 36.4 Å². The van der Waals surface area contributed by atoms with Gasteiger partial charge in [0, 0.05) is 24.1 Å². The van der Waals surface area contributed by atoms with Crippen molar-refractivity contribution in [2.45, 2.75) is 39.2 Å². The smallest absolute Gasteiger partial charge is 0.240 e. The summed E-state index contributed by atoms with van der Waals surface area (Å²) in [5, 5.41) is 19.3. The average Bonchev–Trinajstić information content (AvgIpc) is 3.27. The number of hydrogen-bond donors (Lipinski definition) is 2. The van der Waals surface area contributed by atoms with Gasteiger partial charge in [0.05, 0.1) is 17.7 Å². The number of nitrogens with zero attached hydrogens (tertiary/aromatic N) is 2. The average molecular weight is 490 g/mol. The Morgan fingerprint density at radius 1 is 1.00 bits per heavy atom. The highest BCUT2D eigenvalue weighted by Crippen LogP contribution is 2.34. The van der Waals surface area contributed by atoms with Crippen LogP contribution in [0.25, 0.3) is 0 Å². The topological polar surface area (TPSA) is 82.0 Å². The number of carbonyl (C=O) groups excluding carboxylic acids is 2. The second-order valence-electron chi connectivity index (χ2n) is 9.06. The molecule has 2 N–H and O–H groups in total. The van der Waals surface area contributed by atoms with Crippen molar-refractivity contribution in [3.8, 4) is 5.75 Å². The zero-order chi connectivity index (χ0) is 25.1. The van der Waals surface area contributed by atoms with Crippen molar-refractivity contribution < 1.29 is 14.7 Å². The summed E-state index contributed by atoms with van der Waals surface area (Å²) in [6.45, 7) is 5.53. The summed E-state index contributed by atoms with van der Waals surface area (Å²) in [5.74, 6) is -0.248. The molecule has 0 aliphatic carbocycles. The summed E-state index contributed by atoms with van der Waals surface area (Å²) in [5.41, 5.74) is 4.19. The SMILES string of the molecule is CC(=O)N1N=C(c2ccc(NC(=O)C(c3ccc(Cl)cc3)C(C)C)cc2)CC1c1ccc(O)cc1. The molecule has 2 unspecified atom stereocenters. The van der Waals surface area contributed by atoms with E-state index in [1.807, 2.05) is 50.2 Å². The Labute approximate surface area is 210 Å². The van der Waals surface area contributed by atoms with E-state index in [0.717, 1.165) is 22.4 Å². The van der Waals surface area contributed by atoms with Crippen LogP contribution in [0, 0.1) is 5.92 Å². The van der Waals surface area contributed by atoms with E-state index in [9.17, 15) is 14.7 Å². The Kier molecular flexibility index (Phi) is 7.22. The van der Waals surface area contributed by atoms with Crippen LogP contribution in [0.5, 0.6) is 5.75 Å². The van der Waals surface area contributed by atoms with Gasteiger partial charge in [-0.3, -0.25) is 9.59 Å². The van der Waals surface area contributed by atoms with E-state index in [-0.39, 0.29) is 35.4 Å². The van der Waals surface area contributed by atoms with Crippen molar-refractivity contribution in [2.24, 2.45) is 11.0 Å². The third-order valence-corrected chi connectivity index (χ3v) is 6.43. The molecule has 35 heavy (non-hydrogen) atoms. The summed E-state index contributed by atoms with van der Waals surface area (Å²) in [6.07, 6.45) is 0.558. The lowest BCUT2D eigenvalue weighted by atomic mass is 9.87. The maximum absolute atomic E-state index is 13.1. The fourth-order valence-corrected chi connectivity index (χ4v) is 4.53. The van der Waals surface area contributed by atoms with Crippen molar-refractivity contribution in [1.29, 1.82) is 0 Å². The molecule has 0 fully saturated rings. The zero-order valence-corrected chi connectivity index (χ0v) is 20.7. The first-order valence-corrected chi connectivity index (χ1v) is 11.9. The van der Waals surface area contributed by atoms with E-state index < -0.39 is 0 Å². The molecule has 4 rings (SSSR count). The minimum Gasteiger partial charge on any atom is -0.508 e. The number of phenols is 1. The number of anilines is 1. The number of hydrazone groups is 1. The van der Waals surface area contributed by atoms with Crippen molar-refractivity contribution in [3.63, 3.8) is 0 Å². The number of carbonyl (C=O) groups is 2. The van der Waals surface area contributed by atoms with Gasteiger partial charge in [-0.1, -0.05) is 61.8 Å². The molecule has 3 aromatic rings. The van der Waals surface area contributed by atoms with Crippen LogP contribution >= 0.6 is 11.6 Å². The normalized spacial score (nSPS) is 16.2. The molecule has 1 heterocycles. The molecule has 6 nitrogen and oxygen atoms in total. The van der Waals surface area contributed by atoms with Crippen molar-refractivity contribution in [1.82, 2.24) is 5.01 Å². The number of rotatable bonds is 6. The molecule has 1 aliphatic rings. The van der Waals surface area contributed by atoms with Crippen LogP contribution in [0.2, 0.25) is 5.02 Å². The summed E-state index contributed by atoms with van der Waals surface area (Å²) < 4.78 is 0. The minimum absolute atomic E-state index is 0.0802. The van der Waals surface area contributed by atoms with Gasteiger partial charge in [-0.25, -0.2) is 5.01 Å². The molecule has 7 heteroatoms. The first-order chi connectivity index (χ1) is 16.7. The molecule has 3 aromatic carbocycles. The zero-order valence-electron chi connectivity index (χ0n) is 19.9. The van der Waals surface area contributed by atoms with E-state index >= 15 is 0 Å². The van der Waals surface area contributed by atoms with Crippen LogP contribution in [0.1, 0.15) is 55.8 Å². The van der Waals surface area contributed by atoms with E-state index in [1.165, 1.54) is 11.9 Å². The Hall–Kier alpha value is -3.64. The number of halogens is 1. The minimum atomic E-state index is -0.304. The lowest BCUT2D eigenvalue weighted by Gasteiger charge is -2.21. The fraction of sp³-hybridized carbons (Fsp3) is 0.250. The molecule has 0 spiro atoms. The number of hydrogen-bond acceptors (Lipinski definition) is 4. The highest BCUT2D eigenvalue weighted by atomic mass is 35.5. The van der Waals surface area contributed by atoms with E-state index in [2.05, 4.69) is 10.4 Å². The van der Waals surface area contributed by atoms with Gasteiger partial charge in [-0.05, 0) is 59.0 Å². The molecule has 0 saturated carbocycles. The standard InChI is InChI=1S/C28H28ClN3O3/c1-17(2)27(21-4-10-22(29)11-5-21)28(35)30-23-12-6-19(7-13-23)25-16-26(32(31-25)18(3)33)20-8-14-24(34)15-9-20/h4-15,17,26-27,34H,16H2,1-3H3,(H,30,35). The second-order valence-corrected chi connectivity index (χ2v) is 9.50. The first kappa shape index (κ1) is 24.5. The largest absolute Gasteiger partial charge is 0.508 e. The number of aromatic hydroxyl groups is 1. The number of nitrogens with one attached hydrogen (secondary N) is 1. The number of phenolic OH excluding ortho intramolecular Hbond substituents is 1. The fourth-order valence-electron chi connectivity index (χ4n) is 4.41. The van der Waals surface area contributed by atoms with Gasteiger partial charge in [0.25, 0.3) is 0 Å². The number of amides is 2. The van der Waals surface area contributed by atoms with E-state index in [4.69, 9.17) is 11.6 Å². The van der Waals surface area contributed by atoms with Gasteiger partial charge in [-0.2, -0.15) is 5.10 Å². The first-order valence-electron chi connectivity index (χ1n) is 11.6. The van der Waals surface area contributed by atoms with Gasteiger partial charge >= 0.3 is 0 Å². The molecular formula is C28H28ClN3O3. The Morgan fingerprint density at radius 3 is 2.20 bits per heavy atom. The molecule has 2 amide bonds. The summed E-state index contributed by atoms with van der Waals surface area (Å²) in [4.78, 5) is 25.3. The van der Waals surface area contributed by atoms with Crippen LogP contribution in [-0.4, -0.2) is 27.6 Å². The van der Waals surface area contributed by atoms with Gasteiger partial charge < -0.3 is 10.4 Å². The van der Waals surface area contributed by atoms with Crippen LogP contribution in [0.4, 0.5) is 5.69 Å². The predicted octanol–water partition coefficient (Wildman–Crippen LogP) is 6.12. The van der Waals surface area contributed by atoms with Crippen LogP contribution < -0.4 is 5.32 Å². The third kappa shape index (κ3) is 5.54. The molecular weight excluding hydrogens is 462 g/mol. The molecule has 1 aliphatic heterocycles. The third-order valence-electron chi connectivity index (χ3n) is 6.17. The highest BCUT2D eigenvalue weighted by molar-refractivity contribution is 6.30. The molecule has 180 valence electrons. The van der Waals surface area contributed by atoms with Crippen LogP contribution in [0.3, 0.4) is 0 Å². The van der Waals surface area contributed by atoms with Crippen molar-refractivity contribution in [3.05, 3.63) is 94.5 Å². The van der Waals surface area contributed by atoms with Gasteiger partial charge in [0.2, 0.25) is 11.8 Å². The summed E-state index contributed by atoms with van der Waals surface area (Å²) >= 11 is 6.01. The van der Waals surface area contributed by atoms with Crippen LogP contribution in [0.15, 0.2) is 77.9 Å². The van der Waals surface area contributed by atoms with Gasteiger partial charge in [0.1, 0.15) is 5.75 Å². The molecule has 0 radical (unpaired) electrons. The maximum atomic E-state index is 13.1. The molecule has 0 aromatic heterocycles. The lowest BCUT2D eigenvalue weighted by molar-refractivity contribution is -0.130. The Balaban J connectivity index is 1.49. The van der Waals surface area contributed by atoms with Gasteiger partial charge in [0.15, 0.2) is 0 Å². The monoisotopic (exact) mass is 489 g/mol. The lowest BCUT2D eigenvalue weighted by Crippen LogP contribution is -2.25. The quantitative estimate of drug-likeness (QED) is 0.437. The van der Waals surface area contributed by atoms with Crippen LogP contribution in [-0.2, 0) is 9.59 Å². The van der Waals surface area contributed by atoms with Gasteiger partial charge in [-0.15, -0.1) is 0 Å². The van der Waals surface area contributed by atoms with Crippen molar-refractivity contribution >= 4 is 34.8 Å². The molecule has 2 atom stereocenters. The molecule has 0 saturated heterocycles. The van der Waals surface area contributed by atoms with Crippen molar-refractivity contribution in [2.75, 3.05) is 5.32 Å². The number of benzene rings is 3. The maximum Gasteiger partial charge on any atom is 0.240 e. The summed E-state index contributed by atoms with van der Waals surface area (Å²) in [6, 6.07) is 21.5. The highest BCUT2D eigenvalue weighted by Gasteiger charge is 2.31. The predicted molar refractivity (Wildman–Crippen MR) is 139 cm³/mol. The Bertz CT molecular complexity index is 1240. The summed E-state index contributed by atoms with van der Waals surface area (Å²) in [7, 11) is 0.